The highest BCUT2D eigenvalue weighted by atomic mass is 79.9. The van der Waals surface area contributed by atoms with Crippen LogP contribution in [0.3, 0.4) is 0 Å². The molecule has 1 aliphatic heterocycles. The number of nitrogens with one attached hydrogen (secondary N) is 1. The standard InChI is InChI=1S/C12H15BrFN3O2/c1-12(2)7-15-3-4-16(12)10-5-8(13)9(14)6-11(10)17(18)19/h5-6,15H,3-4,7H2,1-2H3. The molecule has 0 unspecified atom stereocenters. The lowest BCUT2D eigenvalue weighted by Gasteiger charge is -2.44. The average molecular weight is 332 g/mol. The van der Waals surface area contributed by atoms with Crippen LogP contribution < -0.4 is 10.2 Å². The van der Waals surface area contributed by atoms with Gasteiger partial charge in [-0.05, 0) is 35.8 Å². The highest BCUT2D eigenvalue weighted by molar-refractivity contribution is 9.10. The number of halogens is 2. The Morgan fingerprint density at radius 2 is 2.21 bits per heavy atom. The molecule has 0 radical (unpaired) electrons. The summed E-state index contributed by atoms with van der Waals surface area (Å²) in [6.45, 7) is 6.11. The Bertz CT molecular complexity index is 522. The lowest BCUT2D eigenvalue weighted by atomic mass is 9.98. The third-order valence-corrected chi connectivity index (χ3v) is 3.91. The maximum atomic E-state index is 13.5. The van der Waals surface area contributed by atoms with Crippen molar-refractivity contribution in [2.45, 2.75) is 19.4 Å². The van der Waals surface area contributed by atoms with Crippen LogP contribution in [0, 0.1) is 15.9 Å². The van der Waals surface area contributed by atoms with Gasteiger partial charge in [0.15, 0.2) is 0 Å². The minimum Gasteiger partial charge on any atom is -0.358 e. The first-order valence-electron chi connectivity index (χ1n) is 5.95. The molecule has 1 fully saturated rings. The molecule has 1 heterocycles. The fraction of sp³-hybridized carbons (Fsp3) is 0.500. The maximum absolute atomic E-state index is 13.5. The Balaban J connectivity index is 2.54. The van der Waals surface area contributed by atoms with Crippen LogP contribution in [-0.2, 0) is 0 Å². The zero-order chi connectivity index (χ0) is 14.2. The molecule has 0 aliphatic carbocycles. The smallest absolute Gasteiger partial charge is 0.295 e. The molecule has 0 amide bonds. The number of nitro groups is 1. The first-order valence-corrected chi connectivity index (χ1v) is 6.74. The molecule has 0 saturated carbocycles. The van der Waals surface area contributed by atoms with Gasteiger partial charge in [-0.2, -0.15) is 0 Å². The fourth-order valence-corrected chi connectivity index (χ4v) is 2.65. The van der Waals surface area contributed by atoms with Gasteiger partial charge in [-0.25, -0.2) is 4.39 Å². The summed E-state index contributed by atoms with van der Waals surface area (Å²) < 4.78 is 13.7. The lowest BCUT2D eigenvalue weighted by molar-refractivity contribution is -0.384. The number of nitrogens with zero attached hydrogens (tertiary/aromatic N) is 2. The lowest BCUT2D eigenvalue weighted by Crippen LogP contribution is -2.58. The Morgan fingerprint density at radius 3 is 2.79 bits per heavy atom. The zero-order valence-electron chi connectivity index (χ0n) is 10.7. The van der Waals surface area contributed by atoms with Gasteiger partial charge in [-0.3, -0.25) is 10.1 Å². The monoisotopic (exact) mass is 331 g/mol. The molecule has 1 saturated heterocycles. The number of piperazine rings is 1. The van der Waals surface area contributed by atoms with Crippen LogP contribution in [0.15, 0.2) is 16.6 Å². The largest absolute Gasteiger partial charge is 0.358 e. The number of rotatable bonds is 2. The molecule has 5 nitrogen and oxygen atoms in total. The zero-order valence-corrected chi connectivity index (χ0v) is 12.3. The minimum absolute atomic E-state index is 0.198. The predicted molar refractivity (Wildman–Crippen MR) is 75.0 cm³/mol. The van der Waals surface area contributed by atoms with Crippen molar-refractivity contribution in [3.05, 3.63) is 32.5 Å². The van der Waals surface area contributed by atoms with Crippen LogP contribution >= 0.6 is 15.9 Å². The molecule has 1 aliphatic rings. The van der Waals surface area contributed by atoms with E-state index in [2.05, 4.69) is 21.2 Å². The van der Waals surface area contributed by atoms with Crippen LogP contribution in [-0.4, -0.2) is 30.1 Å². The van der Waals surface area contributed by atoms with Crippen molar-refractivity contribution in [3.63, 3.8) is 0 Å². The third kappa shape index (κ3) is 2.71. The molecule has 1 aromatic carbocycles. The van der Waals surface area contributed by atoms with Gasteiger partial charge in [0.25, 0.3) is 5.69 Å². The van der Waals surface area contributed by atoms with Crippen LogP contribution in [0.4, 0.5) is 15.8 Å². The number of hydrogen-bond donors (Lipinski definition) is 1. The van der Waals surface area contributed by atoms with E-state index in [-0.39, 0.29) is 15.7 Å². The van der Waals surface area contributed by atoms with Gasteiger partial charge >= 0.3 is 0 Å². The van der Waals surface area contributed by atoms with E-state index in [4.69, 9.17) is 0 Å². The summed E-state index contributed by atoms with van der Waals surface area (Å²) in [5, 5.41) is 14.4. The van der Waals surface area contributed by atoms with Gasteiger partial charge in [-0.15, -0.1) is 0 Å². The molecule has 1 N–H and O–H groups in total. The Morgan fingerprint density at radius 1 is 1.53 bits per heavy atom. The van der Waals surface area contributed by atoms with Crippen LogP contribution in [0.5, 0.6) is 0 Å². The SMILES string of the molecule is CC1(C)CNCCN1c1cc(Br)c(F)cc1[N+](=O)[O-]. The molecule has 2 rings (SSSR count). The van der Waals surface area contributed by atoms with Gasteiger partial charge in [0.1, 0.15) is 11.5 Å². The normalized spacial score (nSPS) is 18.4. The Hall–Kier alpha value is -1.21. The molecular formula is C12H15BrFN3O2. The third-order valence-electron chi connectivity index (χ3n) is 3.31. The number of hydrogen-bond acceptors (Lipinski definition) is 4. The van der Waals surface area contributed by atoms with Crippen molar-refractivity contribution in [1.29, 1.82) is 0 Å². The van der Waals surface area contributed by atoms with Crippen molar-refractivity contribution in [2.24, 2.45) is 0 Å². The second kappa shape index (κ2) is 5.05. The van der Waals surface area contributed by atoms with Crippen LogP contribution in [0.1, 0.15) is 13.8 Å². The maximum Gasteiger partial charge on any atom is 0.295 e. The number of nitro benzene ring substituents is 1. The van der Waals surface area contributed by atoms with Crippen molar-refractivity contribution >= 4 is 27.3 Å². The first kappa shape index (κ1) is 14.2. The first-order chi connectivity index (χ1) is 8.83. The molecule has 19 heavy (non-hydrogen) atoms. The highest BCUT2D eigenvalue weighted by Gasteiger charge is 2.34. The van der Waals surface area contributed by atoms with E-state index in [0.717, 1.165) is 19.2 Å². The summed E-state index contributed by atoms with van der Waals surface area (Å²) in [6, 6.07) is 2.46. The van der Waals surface area contributed by atoms with E-state index in [1.807, 2.05) is 18.7 Å². The molecule has 0 aromatic heterocycles. The van der Waals surface area contributed by atoms with E-state index in [1.54, 1.807) is 0 Å². The predicted octanol–water partition coefficient (Wildman–Crippen LogP) is 2.68. The summed E-state index contributed by atoms with van der Waals surface area (Å²) in [5.41, 5.74) is -0.0132. The molecule has 0 atom stereocenters. The quantitative estimate of drug-likeness (QED) is 0.668. The minimum atomic E-state index is -0.622. The van der Waals surface area contributed by atoms with Crippen LogP contribution in [0.25, 0.3) is 0 Å². The van der Waals surface area contributed by atoms with Crippen LogP contribution in [0.2, 0.25) is 0 Å². The van der Waals surface area contributed by atoms with Crippen molar-refractivity contribution in [2.75, 3.05) is 24.5 Å². The topological polar surface area (TPSA) is 58.4 Å². The fourth-order valence-electron chi connectivity index (χ4n) is 2.32. The van der Waals surface area contributed by atoms with Crippen molar-refractivity contribution < 1.29 is 9.31 Å². The summed E-state index contributed by atoms with van der Waals surface area (Å²) >= 11 is 3.09. The molecule has 0 spiro atoms. The van der Waals surface area contributed by atoms with Gasteiger partial charge in [0, 0.05) is 25.2 Å². The molecule has 104 valence electrons. The second-order valence-electron chi connectivity index (χ2n) is 5.15. The van der Waals surface area contributed by atoms with E-state index >= 15 is 0 Å². The molecular weight excluding hydrogens is 317 g/mol. The van der Waals surface area contributed by atoms with E-state index in [1.165, 1.54) is 6.07 Å². The highest BCUT2D eigenvalue weighted by Crippen LogP contribution is 2.37. The molecule has 0 bridgehead atoms. The number of anilines is 1. The van der Waals surface area contributed by atoms with Crippen molar-refractivity contribution in [1.82, 2.24) is 5.32 Å². The summed E-state index contributed by atoms with van der Waals surface area (Å²) in [6.07, 6.45) is 0. The molecule has 7 heteroatoms. The summed E-state index contributed by atoms with van der Waals surface area (Å²) in [4.78, 5) is 12.5. The van der Waals surface area contributed by atoms with Crippen molar-refractivity contribution in [3.8, 4) is 0 Å². The van der Waals surface area contributed by atoms with E-state index in [0.29, 0.717) is 12.2 Å². The van der Waals surface area contributed by atoms with Gasteiger partial charge < -0.3 is 10.2 Å². The van der Waals surface area contributed by atoms with Gasteiger partial charge in [-0.1, -0.05) is 0 Å². The molecule has 1 aromatic rings. The average Bonchev–Trinajstić information content (AvgIpc) is 2.31. The Labute approximate surface area is 119 Å². The Kier molecular flexibility index (Phi) is 3.78. The second-order valence-corrected chi connectivity index (χ2v) is 6.01. The summed E-state index contributed by atoms with van der Waals surface area (Å²) in [5.74, 6) is -0.622. The summed E-state index contributed by atoms with van der Waals surface area (Å²) in [7, 11) is 0. The number of benzene rings is 1. The van der Waals surface area contributed by atoms with Gasteiger partial charge in [0.05, 0.1) is 15.5 Å². The van der Waals surface area contributed by atoms with Gasteiger partial charge in [0.2, 0.25) is 0 Å². The van der Waals surface area contributed by atoms with E-state index < -0.39 is 10.7 Å². The van der Waals surface area contributed by atoms with E-state index in [9.17, 15) is 14.5 Å².